The van der Waals surface area contributed by atoms with E-state index in [1.54, 1.807) is 7.11 Å². The number of fused-ring (bicyclic) bond motifs is 10. The average molecular weight is 422 g/mol. The Hall–Kier alpha value is -4.31. The predicted molar refractivity (Wildman–Crippen MR) is 122 cm³/mol. The largest absolute Gasteiger partial charge is 0.495 e. The summed E-state index contributed by atoms with van der Waals surface area (Å²) in [5, 5.41) is 15.1. The number of nitriles is 1. The molecule has 7 heteroatoms. The van der Waals surface area contributed by atoms with Gasteiger partial charge < -0.3 is 13.9 Å². The second-order valence-corrected chi connectivity index (χ2v) is 7.97. The Morgan fingerprint density at radius 1 is 0.938 bits per heavy atom. The molecule has 0 atom stereocenters. The molecule has 156 valence electrons. The monoisotopic (exact) mass is 422 g/mol. The number of benzene rings is 3. The van der Waals surface area contributed by atoms with Gasteiger partial charge in [-0.3, -0.25) is 14.9 Å². The lowest BCUT2D eigenvalue weighted by molar-refractivity contribution is 0.0880. The number of nitrogens with one attached hydrogen (secondary N) is 1. The third kappa shape index (κ3) is 2.08. The van der Waals surface area contributed by atoms with Gasteiger partial charge in [0, 0.05) is 40.7 Å². The molecule has 0 unspecified atom stereocenters. The molecule has 0 fully saturated rings. The second kappa shape index (κ2) is 6.34. The Morgan fingerprint density at radius 3 is 2.34 bits per heavy atom. The van der Waals surface area contributed by atoms with Crippen LogP contribution in [0.4, 0.5) is 0 Å². The average Bonchev–Trinajstić information content (AvgIpc) is 3.40. The number of aromatic nitrogens is 2. The first-order chi connectivity index (χ1) is 15.6. The van der Waals surface area contributed by atoms with Gasteiger partial charge in [-0.2, -0.15) is 5.26 Å². The highest BCUT2D eigenvalue weighted by molar-refractivity contribution is 6.39. The van der Waals surface area contributed by atoms with Gasteiger partial charge in [0.05, 0.1) is 47.3 Å². The number of aryl methyl sites for hydroxylation is 2. The Kier molecular flexibility index (Phi) is 3.66. The molecular weight excluding hydrogens is 404 g/mol. The highest BCUT2D eigenvalue weighted by Gasteiger charge is 2.36. The van der Waals surface area contributed by atoms with Gasteiger partial charge in [-0.15, -0.1) is 0 Å². The van der Waals surface area contributed by atoms with Gasteiger partial charge in [0.15, 0.2) is 0 Å². The van der Waals surface area contributed by atoms with Crippen molar-refractivity contribution < 1.29 is 14.3 Å². The molecule has 32 heavy (non-hydrogen) atoms. The topological polar surface area (TPSA) is 89.0 Å². The molecule has 1 aliphatic rings. The summed E-state index contributed by atoms with van der Waals surface area (Å²) in [6.45, 7) is 0.432. The number of imide groups is 1. The van der Waals surface area contributed by atoms with Gasteiger partial charge in [0.2, 0.25) is 0 Å². The summed E-state index contributed by atoms with van der Waals surface area (Å²) in [6.07, 6.45) is 0.296. The zero-order valence-corrected chi connectivity index (χ0v) is 17.5. The van der Waals surface area contributed by atoms with E-state index >= 15 is 0 Å². The molecule has 1 aliphatic heterocycles. The molecular formula is C25H18N4O3. The Morgan fingerprint density at radius 2 is 1.62 bits per heavy atom. The van der Waals surface area contributed by atoms with E-state index in [-0.39, 0.29) is 5.91 Å². The zero-order chi connectivity index (χ0) is 22.1. The standard InChI is InChI=1S/C25H18N4O3/c1-28-15-9-4-3-7-13(15)17-19-20(25(31)27-24(19)30)18-14-8-5-10-16(32-2)21(14)29(12-6-11-26)23(18)22(17)28/h3-5,7-10H,6,12H2,1-2H3,(H,27,30,31). The van der Waals surface area contributed by atoms with E-state index in [9.17, 15) is 14.9 Å². The first kappa shape index (κ1) is 18.5. The van der Waals surface area contributed by atoms with Crippen LogP contribution in [0.2, 0.25) is 0 Å². The highest BCUT2D eigenvalue weighted by Crippen LogP contribution is 2.46. The molecule has 6 rings (SSSR count). The molecule has 0 aliphatic carbocycles. The fraction of sp³-hybridized carbons (Fsp3) is 0.160. The molecule has 5 aromatic rings. The number of hydrogen-bond donors (Lipinski definition) is 1. The lowest BCUT2D eigenvalue weighted by Crippen LogP contribution is -2.20. The van der Waals surface area contributed by atoms with Gasteiger partial charge >= 0.3 is 0 Å². The molecule has 1 N–H and O–H groups in total. The Labute approximate surface area is 182 Å². The number of ether oxygens (including phenoxy) is 1. The quantitative estimate of drug-likeness (QED) is 0.440. The van der Waals surface area contributed by atoms with Crippen LogP contribution in [-0.4, -0.2) is 28.1 Å². The molecule has 7 nitrogen and oxygen atoms in total. The Balaban J connectivity index is 2.02. The minimum Gasteiger partial charge on any atom is -0.495 e. The normalized spacial score (nSPS) is 13.3. The summed E-state index contributed by atoms with van der Waals surface area (Å²) in [7, 11) is 3.57. The van der Waals surface area contributed by atoms with E-state index in [0.717, 1.165) is 38.2 Å². The van der Waals surface area contributed by atoms with Crippen molar-refractivity contribution in [3.05, 3.63) is 53.6 Å². The third-order valence-electron chi connectivity index (χ3n) is 6.47. The summed E-state index contributed by atoms with van der Waals surface area (Å²) in [5.41, 5.74) is 4.28. The zero-order valence-electron chi connectivity index (χ0n) is 17.5. The van der Waals surface area contributed by atoms with Gasteiger partial charge in [-0.05, 0) is 12.1 Å². The van der Waals surface area contributed by atoms with E-state index in [1.165, 1.54) is 0 Å². The summed E-state index contributed by atoms with van der Waals surface area (Å²) in [4.78, 5) is 26.1. The lowest BCUT2D eigenvalue weighted by Gasteiger charge is -2.11. The first-order valence-corrected chi connectivity index (χ1v) is 10.3. The van der Waals surface area contributed by atoms with Gasteiger partial charge in [0.25, 0.3) is 11.8 Å². The van der Waals surface area contributed by atoms with E-state index < -0.39 is 5.91 Å². The number of hydrogen-bond acceptors (Lipinski definition) is 4. The van der Waals surface area contributed by atoms with Crippen molar-refractivity contribution in [1.29, 1.82) is 5.26 Å². The fourth-order valence-electron chi connectivity index (χ4n) is 5.28. The highest BCUT2D eigenvalue weighted by atomic mass is 16.5. The van der Waals surface area contributed by atoms with Crippen molar-refractivity contribution >= 4 is 55.4 Å². The Bertz CT molecular complexity index is 1700. The maximum atomic E-state index is 13.1. The minimum atomic E-state index is -0.396. The maximum absolute atomic E-state index is 13.1. The molecule has 0 spiro atoms. The number of rotatable bonds is 3. The number of amides is 2. The summed E-state index contributed by atoms with van der Waals surface area (Å²) < 4.78 is 9.80. The van der Waals surface area contributed by atoms with Crippen molar-refractivity contribution in [1.82, 2.24) is 14.5 Å². The van der Waals surface area contributed by atoms with E-state index in [2.05, 4.69) is 20.5 Å². The second-order valence-electron chi connectivity index (χ2n) is 7.97. The van der Waals surface area contributed by atoms with Crippen LogP contribution in [0, 0.1) is 11.3 Å². The van der Waals surface area contributed by atoms with Crippen LogP contribution in [0.5, 0.6) is 5.75 Å². The lowest BCUT2D eigenvalue weighted by atomic mass is 9.96. The molecule has 0 radical (unpaired) electrons. The number of carbonyl (C=O) groups is 2. The van der Waals surface area contributed by atoms with Crippen LogP contribution in [-0.2, 0) is 13.6 Å². The van der Waals surface area contributed by atoms with Crippen LogP contribution in [0.15, 0.2) is 42.5 Å². The van der Waals surface area contributed by atoms with Crippen molar-refractivity contribution in [2.45, 2.75) is 13.0 Å². The molecule has 0 saturated carbocycles. The van der Waals surface area contributed by atoms with Crippen LogP contribution in [0.3, 0.4) is 0 Å². The first-order valence-electron chi connectivity index (χ1n) is 10.3. The van der Waals surface area contributed by atoms with E-state index in [4.69, 9.17) is 4.74 Å². The smallest absolute Gasteiger partial charge is 0.259 e. The van der Waals surface area contributed by atoms with Crippen molar-refractivity contribution in [2.75, 3.05) is 7.11 Å². The number of para-hydroxylation sites is 2. The van der Waals surface area contributed by atoms with E-state index in [1.807, 2.05) is 49.5 Å². The van der Waals surface area contributed by atoms with Crippen molar-refractivity contribution in [2.24, 2.45) is 7.05 Å². The predicted octanol–water partition coefficient (Wildman–Crippen LogP) is 4.25. The molecule has 3 heterocycles. The van der Waals surface area contributed by atoms with Crippen molar-refractivity contribution in [3.63, 3.8) is 0 Å². The van der Waals surface area contributed by atoms with Crippen LogP contribution in [0.25, 0.3) is 43.6 Å². The number of carbonyl (C=O) groups excluding carboxylic acids is 2. The van der Waals surface area contributed by atoms with Gasteiger partial charge in [-0.1, -0.05) is 30.3 Å². The van der Waals surface area contributed by atoms with Gasteiger partial charge in [0.1, 0.15) is 5.75 Å². The fourth-order valence-corrected chi connectivity index (χ4v) is 5.28. The van der Waals surface area contributed by atoms with Crippen LogP contribution >= 0.6 is 0 Å². The van der Waals surface area contributed by atoms with E-state index in [0.29, 0.717) is 35.2 Å². The van der Waals surface area contributed by atoms with Gasteiger partial charge in [-0.25, -0.2) is 0 Å². The summed E-state index contributed by atoms with van der Waals surface area (Å²) >= 11 is 0. The maximum Gasteiger partial charge on any atom is 0.259 e. The third-order valence-corrected chi connectivity index (χ3v) is 6.47. The molecule has 0 saturated heterocycles. The van der Waals surface area contributed by atoms with Crippen LogP contribution < -0.4 is 10.1 Å². The number of nitrogens with zero attached hydrogens (tertiary/aromatic N) is 3. The molecule has 0 bridgehead atoms. The molecule has 2 aromatic heterocycles. The molecule has 3 aromatic carbocycles. The summed E-state index contributed by atoms with van der Waals surface area (Å²) in [5.74, 6) is -0.122. The molecule has 2 amide bonds. The van der Waals surface area contributed by atoms with Crippen molar-refractivity contribution in [3.8, 4) is 11.8 Å². The number of methoxy groups -OCH3 is 1. The van der Waals surface area contributed by atoms with Crippen LogP contribution in [0.1, 0.15) is 27.1 Å². The minimum absolute atomic E-state index is 0.296. The SMILES string of the molecule is COc1cccc2c3c4c(c5c6ccccc6n(C)c5c3n(CCC#N)c12)C(=O)NC4=O. The summed E-state index contributed by atoms with van der Waals surface area (Å²) in [6, 6.07) is 15.8.